The van der Waals surface area contributed by atoms with Gasteiger partial charge in [0.1, 0.15) is 11.6 Å². The summed E-state index contributed by atoms with van der Waals surface area (Å²) in [6.07, 6.45) is 0.935. The zero-order chi connectivity index (χ0) is 11.5. The number of nitrogens with zero attached hydrogens (tertiary/aromatic N) is 2. The molecule has 0 saturated carbocycles. The molecule has 0 unspecified atom stereocenters. The molecular formula is C12H17N3O. The predicted octanol–water partition coefficient (Wildman–Crippen LogP) is 1.34. The second-order valence-corrected chi connectivity index (χ2v) is 3.80. The Morgan fingerprint density at radius 3 is 2.94 bits per heavy atom. The van der Waals surface area contributed by atoms with Gasteiger partial charge in [-0.05, 0) is 19.2 Å². The SMILES string of the molecule is CNCCc1nc2cc(OC)ccc2n1C. The van der Waals surface area contributed by atoms with Crippen molar-refractivity contribution in [3.05, 3.63) is 24.0 Å². The standard InChI is InChI=1S/C12H17N3O/c1-13-7-6-12-14-10-8-9(16-3)4-5-11(10)15(12)2/h4-5,8,13H,6-7H2,1-3H3. The predicted molar refractivity (Wildman–Crippen MR) is 64.9 cm³/mol. The van der Waals surface area contributed by atoms with Crippen molar-refractivity contribution < 1.29 is 4.74 Å². The smallest absolute Gasteiger partial charge is 0.121 e. The van der Waals surface area contributed by atoms with Crippen molar-refractivity contribution in [1.82, 2.24) is 14.9 Å². The highest BCUT2D eigenvalue weighted by Gasteiger charge is 2.07. The Labute approximate surface area is 95.2 Å². The van der Waals surface area contributed by atoms with E-state index in [-0.39, 0.29) is 0 Å². The summed E-state index contributed by atoms with van der Waals surface area (Å²) in [5, 5.41) is 3.13. The van der Waals surface area contributed by atoms with Crippen molar-refractivity contribution >= 4 is 11.0 Å². The number of methoxy groups -OCH3 is 1. The Morgan fingerprint density at radius 1 is 1.44 bits per heavy atom. The molecule has 0 radical (unpaired) electrons. The fraction of sp³-hybridized carbons (Fsp3) is 0.417. The highest BCUT2D eigenvalue weighted by atomic mass is 16.5. The zero-order valence-electron chi connectivity index (χ0n) is 9.95. The average molecular weight is 219 g/mol. The lowest BCUT2D eigenvalue weighted by molar-refractivity contribution is 0.415. The highest BCUT2D eigenvalue weighted by molar-refractivity contribution is 5.77. The molecule has 0 aliphatic rings. The van der Waals surface area contributed by atoms with Crippen molar-refractivity contribution in [1.29, 1.82) is 0 Å². The zero-order valence-corrected chi connectivity index (χ0v) is 9.95. The number of benzene rings is 1. The van der Waals surface area contributed by atoms with Crippen LogP contribution in [0.4, 0.5) is 0 Å². The van der Waals surface area contributed by atoms with Crippen molar-refractivity contribution in [2.45, 2.75) is 6.42 Å². The number of aryl methyl sites for hydroxylation is 1. The molecule has 4 heteroatoms. The van der Waals surface area contributed by atoms with Crippen LogP contribution in [0.3, 0.4) is 0 Å². The fourth-order valence-electron chi connectivity index (χ4n) is 1.82. The highest BCUT2D eigenvalue weighted by Crippen LogP contribution is 2.20. The van der Waals surface area contributed by atoms with Crippen LogP contribution >= 0.6 is 0 Å². The summed E-state index contributed by atoms with van der Waals surface area (Å²) in [6, 6.07) is 5.98. The van der Waals surface area contributed by atoms with Crippen LogP contribution in [-0.2, 0) is 13.5 Å². The number of ether oxygens (including phenoxy) is 1. The van der Waals surface area contributed by atoms with Gasteiger partial charge in [0.05, 0.1) is 18.1 Å². The maximum absolute atomic E-state index is 5.19. The van der Waals surface area contributed by atoms with E-state index in [0.717, 1.165) is 35.6 Å². The average Bonchev–Trinajstić information content (AvgIpc) is 2.63. The van der Waals surface area contributed by atoms with E-state index in [0.29, 0.717) is 0 Å². The second-order valence-electron chi connectivity index (χ2n) is 3.80. The first-order valence-corrected chi connectivity index (χ1v) is 5.40. The van der Waals surface area contributed by atoms with E-state index in [1.54, 1.807) is 7.11 Å². The maximum atomic E-state index is 5.19. The van der Waals surface area contributed by atoms with Crippen LogP contribution in [0.25, 0.3) is 11.0 Å². The van der Waals surface area contributed by atoms with Crippen LogP contribution < -0.4 is 10.1 Å². The fourth-order valence-corrected chi connectivity index (χ4v) is 1.82. The number of rotatable bonds is 4. The van der Waals surface area contributed by atoms with Gasteiger partial charge in [0.25, 0.3) is 0 Å². The number of nitrogens with one attached hydrogen (secondary N) is 1. The summed E-state index contributed by atoms with van der Waals surface area (Å²) >= 11 is 0. The number of hydrogen-bond donors (Lipinski definition) is 1. The van der Waals surface area contributed by atoms with E-state index in [2.05, 4.69) is 14.9 Å². The topological polar surface area (TPSA) is 39.1 Å². The van der Waals surface area contributed by atoms with Gasteiger partial charge in [-0.25, -0.2) is 4.98 Å². The minimum absolute atomic E-state index is 0.853. The Morgan fingerprint density at radius 2 is 2.25 bits per heavy atom. The Hall–Kier alpha value is -1.55. The lowest BCUT2D eigenvalue weighted by atomic mass is 10.3. The van der Waals surface area contributed by atoms with E-state index < -0.39 is 0 Å². The molecule has 1 aromatic carbocycles. The molecule has 4 nitrogen and oxygen atoms in total. The molecule has 0 fully saturated rings. The molecule has 86 valence electrons. The molecule has 2 aromatic rings. The third-order valence-corrected chi connectivity index (χ3v) is 2.78. The Bertz CT molecular complexity index is 490. The van der Waals surface area contributed by atoms with Crippen molar-refractivity contribution in [2.75, 3.05) is 20.7 Å². The third-order valence-electron chi connectivity index (χ3n) is 2.78. The van der Waals surface area contributed by atoms with Gasteiger partial charge >= 0.3 is 0 Å². The number of imidazole rings is 1. The monoisotopic (exact) mass is 219 g/mol. The molecule has 1 N–H and O–H groups in total. The summed E-state index contributed by atoms with van der Waals surface area (Å²) in [6.45, 7) is 0.939. The first-order chi connectivity index (χ1) is 7.76. The largest absolute Gasteiger partial charge is 0.497 e. The molecular weight excluding hydrogens is 202 g/mol. The minimum atomic E-state index is 0.853. The van der Waals surface area contributed by atoms with Gasteiger partial charge in [-0.15, -0.1) is 0 Å². The molecule has 0 amide bonds. The number of hydrogen-bond acceptors (Lipinski definition) is 3. The van der Waals surface area contributed by atoms with Crippen molar-refractivity contribution in [2.24, 2.45) is 7.05 Å². The number of fused-ring (bicyclic) bond motifs is 1. The molecule has 0 bridgehead atoms. The summed E-state index contributed by atoms with van der Waals surface area (Å²) < 4.78 is 7.32. The molecule has 0 saturated heterocycles. The van der Waals surface area contributed by atoms with Gasteiger partial charge in [-0.1, -0.05) is 0 Å². The second kappa shape index (κ2) is 4.53. The maximum Gasteiger partial charge on any atom is 0.121 e. The van der Waals surface area contributed by atoms with Crippen LogP contribution in [0.5, 0.6) is 5.75 Å². The number of aromatic nitrogens is 2. The van der Waals surface area contributed by atoms with Crippen molar-refractivity contribution in [3.63, 3.8) is 0 Å². The third kappa shape index (κ3) is 1.88. The summed E-state index contributed by atoms with van der Waals surface area (Å²) in [5.74, 6) is 1.95. The Balaban J connectivity index is 2.41. The Kier molecular flexibility index (Phi) is 3.10. The van der Waals surface area contributed by atoms with E-state index in [4.69, 9.17) is 4.74 Å². The molecule has 2 rings (SSSR count). The molecule has 0 atom stereocenters. The lowest BCUT2D eigenvalue weighted by Gasteiger charge is -2.01. The van der Waals surface area contributed by atoms with E-state index in [9.17, 15) is 0 Å². The minimum Gasteiger partial charge on any atom is -0.497 e. The van der Waals surface area contributed by atoms with Crippen LogP contribution in [-0.4, -0.2) is 30.3 Å². The van der Waals surface area contributed by atoms with Crippen LogP contribution in [0.15, 0.2) is 18.2 Å². The van der Waals surface area contributed by atoms with Crippen molar-refractivity contribution in [3.8, 4) is 5.75 Å². The summed E-state index contributed by atoms with van der Waals surface area (Å²) in [7, 11) is 5.67. The molecule has 1 heterocycles. The summed E-state index contributed by atoms with van der Waals surface area (Å²) in [5.41, 5.74) is 2.14. The first-order valence-electron chi connectivity index (χ1n) is 5.40. The first kappa shape index (κ1) is 11.0. The van der Waals surface area contributed by atoms with E-state index in [1.165, 1.54) is 0 Å². The van der Waals surface area contributed by atoms with Gasteiger partial charge in [0, 0.05) is 26.1 Å². The lowest BCUT2D eigenvalue weighted by Crippen LogP contribution is -2.12. The van der Waals surface area contributed by atoms with Gasteiger partial charge < -0.3 is 14.6 Å². The molecule has 1 aromatic heterocycles. The normalized spacial score (nSPS) is 10.9. The van der Waals surface area contributed by atoms with Crippen LogP contribution in [0, 0.1) is 0 Å². The van der Waals surface area contributed by atoms with E-state index >= 15 is 0 Å². The van der Waals surface area contributed by atoms with Crippen LogP contribution in [0.1, 0.15) is 5.82 Å². The molecule has 16 heavy (non-hydrogen) atoms. The van der Waals surface area contributed by atoms with Gasteiger partial charge in [-0.3, -0.25) is 0 Å². The van der Waals surface area contributed by atoms with Gasteiger partial charge in [0.15, 0.2) is 0 Å². The molecule has 0 aliphatic carbocycles. The summed E-state index contributed by atoms with van der Waals surface area (Å²) in [4.78, 5) is 4.60. The van der Waals surface area contributed by atoms with Gasteiger partial charge in [0.2, 0.25) is 0 Å². The van der Waals surface area contributed by atoms with Crippen LogP contribution in [0.2, 0.25) is 0 Å². The molecule has 0 aliphatic heterocycles. The quantitative estimate of drug-likeness (QED) is 0.843. The van der Waals surface area contributed by atoms with Gasteiger partial charge in [-0.2, -0.15) is 0 Å². The van der Waals surface area contributed by atoms with E-state index in [1.807, 2.05) is 32.3 Å². The molecule has 0 spiro atoms. The number of likely N-dealkylation sites (N-methyl/N-ethyl adjacent to an activating group) is 1.